The van der Waals surface area contributed by atoms with Crippen LogP contribution in [-0.2, 0) is 10.0 Å². The first-order valence-electron chi connectivity index (χ1n) is 4.75. The van der Waals surface area contributed by atoms with Gasteiger partial charge < -0.3 is 0 Å². The Morgan fingerprint density at radius 1 is 1.53 bits per heavy atom. The lowest BCUT2D eigenvalue weighted by atomic mass is 10.5. The van der Waals surface area contributed by atoms with Crippen LogP contribution in [0.1, 0.15) is 13.3 Å². The van der Waals surface area contributed by atoms with Crippen LogP contribution < -0.4 is 0 Å². The molecule has 0 spiro atoms. The average Bonchev–Trinajstić information content (AvgIpc) is 2.58. The number of rotatable bonds is 5. The number of hydrogen-bond donors (Lipinski definition) is 0. The van der Waals surface area contributed by atoms with Crippen LogP contribution in [0.5, 0.6) is 0 Å². The quantitative estimate of drug-likeness (QED) is 0.785. The van der Waals surface area contributed by atoms with Gasteiger partial charge >= 0.3 is 0 Å². The molecule has 0 aliphatic carbocycles. The third-order valence-electron chi connectivity index (χ3n) is 1.96. The second kappa shape index (κ2) is 6.03. The van der Waals surface area contributed by atoms with Gasteiger partial charge in [-0.2, -0.15) is 9.57 Å². The first-order valence-corrected chi connectivity index (χ1v) is 7.76. The molecule has 1 aromatic heterocycles. The maximum atomic E-state index is 12.2. The second-order valence-electron chi connectivity index (χ2n) is 3.19. The number of halogens is 2. The molecule has 0 amide bonds. The average molecular weight is 313 g/mol. The highest BCUT2D eigenvalue weighted by atomic mass is 35.5. The van der Waals surface area contributed by atoms with E-state index in [1.54, 1.807) is 0 Å². The number of thiophene rings is 1. The third-order valence-corrected chi connectivity index (χ3v) is 5.56. The lowest BCUT2D eigenvalue weighted by Crippen LogP contribution is -2.32. The molecule has 0 atom stereocenters. The molecule has 4 nitrogen and oxygen atoms in total. The van der Waals surface area contributed by atoms with Crippen molar-refractivity contribution in [1.82, 2.24) is 4.31 Å². The van der Waals surface area contributed by atoms with E-state index in [2.05, 4.69) is 0 Å². The van der Waals surface area contributed by atoms with E-state index < -0.39 is 10.0 Å². The van der Waals surface area contributed by atoms with Gasteiger partial charge in [0.1, 0.15) is 15.8 Å². The van der Waals surface area contributed by atoms with E-state index in [-0.39, 0.29) is 22.3 Å². The van der Waals surface area contributed by atoms with Crippen LogP contribution in [-0.4, -0.2) is 25.8 Å². The standard InChI is InChI=1S/C9H10Cl2N2O2S2/c1-2-4-13(5-3-12)17(14,15)7-6-8(10)16-9(7)11/h6H,2,4-5H2,1H3. The normalized spacial score (nSPS) is 11.7. The van der Waals surface area contributed by atoms with Crippen molar-refractivity contribution < 1.29 is 8.42 Å². The number of nitrogens with zero attached hydrogens (tertiary/aromatic N) is 2. The molecule has 0 radical (unpaired) electrons. The summed E-state index contributed by atoms with van der Waals surface area (Å²) in [6.07, 6.45) is 0.621. The molecular weight excluding hydrogens is 303 g/mol. The van der Waals surface area contributed by atoms with Gasteiger partial charge in [-0.25, -0.2) is 8.42 Å². The van der Waals surface area contributed by atoms with Crippen LogP contribution in [0.3, 0.4) is 0 Å². The third kappa shape index (κ3) is 3.33. The molecule has 0 fully saturated rings. The van der Waals surface area contributed by atoms with E-state index in [9.17, 15) is 8.42 Å². The van der Waals surface area contributed by atoms with Crippen molar-refractivity contribution in [3.8, 4) is 6.07 Å². The van der Waals surface area contributed by atoms with Gasteiger partial charge in [0.2, 0.25) is 10.0 Å². The summed E-state index contributed by atoms with van der Waals surface area (Å²) in [4.78, 5) is -0.0298. The molecular formula is C9H10Cl2N2O2S2. The minimum absolute atomic E-state index is 0.0298. The summed E-state index contributed by atoms with van der Waals surface area (Å²) in [5.41, 5.74) is 0. The topological polar surface area (TPSA) is 61.2 Å². The van der Waals surface area contributed by atoms with Gasteiger partial charge in [-0.1, -0.05) is 30.1 Å². The van der Waals surface area contributed by atoms with Crippen molar-refractivity contribution in [2.24, 2.45) is 0 Å². The summed E-state index contributed by atoms with van der Waals surface area (Å²) in [5, 5.41) is 8.64. The Kier molecular flexibility index (Phi) is 5.22. The molecule has 0 aliphatic heterocycles. The summed E-state index contributed by atoms with van der Waals surface area (Å²) >= 11 is 12.5. The number of sulfonamides is 1. The zero-order valence-electron chi connectivity index (χ0n) is 8.98. The molecule has 1 heterocycles. The molecule has 0 aromatic carbocycles. The first kappa shape index (κ1) is 14.7. The van der Waals surface area contributed by atoms with Gasteiger partial charge in [0, 0.05) is 6.54 Å². The fraction of sp³-hybridized carbons (Fsp3) is 0.444. The number of hydrogen-bond acceptors (Lipinski definition) is 4. The smallest absolute Gasteiger partial charge is 0.207 e. The van der Waals surface area contributed by atoms with E-state index in [1.165, 1.54) is 6.07 Å². The van der Waals surface area contributed by atoms with E-state index in [1.807, 2.05) is 13.0 Å². The van der Waals surface area contributed by atoms with Gasteiger partial charge in [0.15, 0.2) is 0 Å². The molecule has 1 aromatic rings. The Bertz CT molecular complexity index is 534. The van der Waals surface area contributed by atoms with Gasteiger partial charge in [0.05, 0.1) is 10.4 Å². The van der Waals surface area contributed by atoms with E-state index >= 15 is 0 Å². The molecule has 0 N–H and O–H groups in total. The molecule has 0 unspecified atom stereocenters. The van der Waals surface area contributed by atoms with Crippen LogP contribution in [0, 0.1) is 11.3 Å². The van der Waals surface area contributed by atoms with Gasteiger partial charge in [-0.15, -0.1) is 11.3 Å². The fourth-order valence-corrected chi connectivity index (χ4v) is 4.79. The van der Waals surface area contributed by atoms with Gasteiger partial charge in [-0.05, 0) is 12.5 Å². The summed E-state index contributed by atoms with van der Waals surface area (Å²) in [6.45, 7) is 1.92. The second-order valence-corrected chi connectivity index (χ2v) is 7.38. The Morgan fingerprint density at radius 2 is 2.18 bits per heavy atom. The highest BCUT2D eigenvalue weighted by Gasteiger charge is 2.27. The summed E-state index contributed by atoms with van der Waals surface area (Å²) in [5.74, 6) is 0. The Labute approximate surface area is 114 Å². The Morgan fingerprint density at radius 3 is 2.59 bits per heavy atom. The van der Waals surface area contributed by atoms with Crippen LogP contribution >= 0.6 is 34.5 Å². The van der Waals surface area contributed by atoms with Crippen molar-refractivity contribution >= 4 is 44.6 Å². The zero-order valence-corrected chi connectivity index (χ0v) is 12.1. The highest BCUT2D eigenvalue weighted by Crippen LogP contribution is 2.35. The maximum Gasteiger partial charge on any atom is 0.246 e. The monoisotopic (exact) mass is 312 g/mol. The van der Waals surface area contributed by atoms with E-state index in [0.29, 0.717) is 10.8 Å². The van der Waals surface area contributed by atoms with E-state index in [4.69, 9.17) is 28.5 Å². The molecule has 94 valence electrons. The fourth-order valence-electron chi connectivity index (χ4n) is 1.25. The largest absolute Gasteiger partial charge is 0.246 e. The molecule has 0 aliphatic rings. The molecule has 8 heteroatoms. The Balaban J connectivity index is 3.17. The Hall–Kier alpha value is -0.320. The predicted octanol–water partition coefficient (Wildman–Crippen LogP) is 2.98. The maximum absolute atomic E-state index is 12.2. The predicted molar refractivity (Wildman–Crippen MR) is 69.0 cm³/mol. The van der Waals surface area contributed by atoms with Crippen LogP contribution in [0.25, 0.3) is 0 Å². The van der Waals surface area contributed by atoms with Crippen molar-refractivity contribution in [3.63, 3.8) is 0 Å². The van der Waals surface area contributed by atoms with Crippen LogP contribution in [0.4, 0.5) is 0 Å². The van der Waals surface area contributed by atoms with Crippen molar-refractivity contribution in [1.29, 1.82) is 5.26 Å². The minimum Gasteiger partial charge on any atom is -0.207 e. The SMILES string of the molecule is CCCN(CC#N)S(=O)(=O)c1cc(Cl)sc1Cl. The summed E-state index contributed by atoms with van der Waals surface area (Å²) in [6, 6.07) is 3.14. The van der Waals surface area contributed by atoms with Crippen molar-refractivity contribution in [2.75, 3.05) is 13.1 Å². The van der Waals surface area contributed by atoms with Crippen LogP contribution in [0.2, 0.25) is 8.67 Å². The molecule has 1 rings (SSSR count). The molecule has 17 heavy (non-hydrogen) atoms. The van der Waals surface area contributed by atoms with Crippen molar-refractivity contribution in [3.05, 3.63) is 14.7 Å². The van der Waals surface area contributed by atoms with Gasteiger partial charge in [-0.3, -0.25) is 0 Å². The molecule has 0 saturated carbocycles. The van der Waals surface area contributed by atoms with Crippen LogP contribution in [0.15, 0.2) is 11.0 Å². The summed E-state index contributed by atoms with van der Waals surface area (Å²) in [7, 11) is -3.73. The first-order chi connectivity index (χ1) is 7.93. The highest BCUT2D eigenvalue weighted by molar-refractivity contribution is 7.89. The lowest BCUT2D eigenvalue weighted by Gasteiger charge is -2.17. The molecule has 0 bridgehead atoms. The van der Waals surface area contributed by atoms with E-state index in [0.717, 1.165) is 15.6 Å². The minimum atomic E-state index is -3.73. The lowest BCUT2D eigenvalue weighted by molar-refractivity contribution is 0.444. The summed E-state index contributed by atoms with van der Waals surface area (Å²) < 4.78 is 25.9. The number of nitriles is 1. The van der Waals surface area contributed by atoms with Gasteiger partial charge in [0.25, 0.3) is 0 Å². The van der Waals surface area contributed by atoms with Crippen molar-refractivity contribution in [2.45, 2.75) is 18.2 Å². The zero-order chi connectivity index (χ0) is 13.1. The molecule has 0 saturated heterocycles.